The Hall–Kier alpha value is -1.27. The third-order valence-electron chi connectivity index (χ3n) is 3.29. The van der Waals surface area contributed by atoms with E-state index in [0.717, 1.165) is 24.2 Å². The smallest absolute Gasteiger partial charge is 0.319 e. The zero-order valence-electron chi connectivity index (χ0n) is 16.1. The van der Waals surface area contributed by atoms with Gasteiger partial charge in [-0.05, 0) is 52.2 Å². The van der Waals surface area contributed by atoms with E-state index in [-0.39, 0.29) is 22.6 Å². The fourth-order valence-electron chi connectivity index (χ4n) is 1.97. The minimum atomic E-state index is -0.609. The van der Waals surface area contributed by atoms with E-state index in [0.29, 0.717) is 17.2 Å². The molecule has 1 aromatic carbocycles. The lowest BCUT2D eigenvalue weighted by Gasteiger charge is -2.22. The number of carbonyl (C=O) groups excluding carboxylic acids is 2. The van der Waals surface area contributed by atoms with E-state index in [2.05, 4.69) is 5.32 Å². The highest BCUT2D eigenvalue weighted by atomic mass is 35.5. The first-order valence-electron chi connectivity index (χ1n) is 8.57. The summed E-state index contributed by atoms with van der Waals surface area (Å²) in [5.41, 5.74) is -0.532. The number of esters is 1. The molecule has 0 aliphatic carbocycles. The van der Waals surface area contributed by atoms with E-state index in [4.69, 9.17) is 16.3 Å². The number of rotatable bonds is 7. The van der Waals surface area contributed by atoms with Crippen LogP contribution in [0.4, 0.5) is 10.1 Å². The first-order valence-corrected chi connectivity index (χ1v) is 9.83. The molecule has 0 saturated carbocycles. The molecule has 0 aromatic heterocycles. The number of anilines is 1. The van der Waals surface area contributed by atoms with Crippen LogP contribution in [0.1, 0.15) is 54.4 Å². The molecule has 0 radical (unpaired) electrons. The number of benzene rings is 1. The van der Waals surface area contributed by atoms with Gasteiger partial charge < -0.3 is 10.1 Å². The average molecular weight is 404 g/mol. The summed E-state index contributed by atoms with van der Waals surface area (Å²) >= 11 is 7.26. The highest BCUT2D eigenvalue weighted by Crippen LogP contribution is 2.35. The van der Waals surface area contributed by atoms with Gasteiger partial charge in [0.05, 0.1) is 10.7 Å². The van der Waals surface area contributed by atoms with Crippen molar-refractivity contribution in [3.8, 4) is 0 Å². The number of carbonyl (C=O) groups is 2. The minimum Gasteiger partial charge on any atom is -0.459 e. The second-order valence-corrected chi connectivity index (χ2v) is 9.33. The van der Waals surface area contributed by atoms with Crippen LogP contribution in [0.25, 0.3) is 0 Å². The number of hydrogen-bond acceptors (Lipinski definition) is 4. The van der Waals surface area contributed by atoms with Crippen LogP contribution >= 0.6 is 23.4 Å². The normalized spacial score (nSPS) is 12.8. The first-order chi connectivity index (χ1) is 11.9. The van der Waals surface area contributed by atoms with Crippen LogP contribution in [0.15, 0.2) is 17.0 Å². The zero-order valence-corrected chi connectivity index (χ0v) is 17.7. The molecule has 146 valence electrons. The summed E-state index contributed by atoms with van der Waals surface area (Å²) in [7, 11) is 0. The molecular formula is C19H27ClFNO3S. The fraction of sp³-hybridized carbons (Fsp3) is 0.579. The first kappa shape index (κ1) is 22.8. The van der Waals surface area contributed by atoms with Gasteiger partial charge >= 0.3 is 5.97 Å². The summed E-state index contributed by atoms with van der Waals surface area (Å²) in [6.07, 6.45) is 1.04. The van der Waals surface area contributed by atoms with Gasteiger partial charge in [-0.2, -0.15) is 0 Å². The molecule has 1 rings (SSSR count). The summed E-state index contributed by atoms with van der Waals surface area (Å²) in [6.45, 7) is 11.1. The summed E-state index contributed by atoms with van der Waals surface area (Å²) in [4.78, 5) is 24.6. The van der Waals surface area contributed by atoms with Gasteiger partial charge in [-0.25, -0.2) is 4.39 Å². The molecular weight excluding hydrogens is 377 g/mol. The number of hydrogen-bond donors (Lipinski definition) is 1. The van der Waals surface area contributed by atoms with Gasteiger partial charge in [-0.3, -0.25) is 9.59 Å². The minimum absolute atomic E-state index is 0.0574. The lowest BCUT2D eigenvalue weighted by atomic mass is 10.1. The van der Waals surface area contributed by atoms with Gasteiger partial charge in [0.15, 0.2) is 0 Å². The molecule has 0 spiro atoms. The van der Waals surface area contributed by atoms with Crippen molar-refractivity contribution in [3.05, 3.63) is 23.0 Å². The van der Waals surface area contributed by atoms with Crippen molar-refractivity contribution < 1.29 is 18.7 Å². The van der Waals surface area contributed by atoms with E-state index < -0.39 is 16.7 Å². The number of ether oxygens (including phenoxy) is 1. The van der Waals surface area contributed by atoms with Crippen LogP contribution in [0, 0.1) is 11.7 Å². The molecule has 1 amide bonds. The van der Waals surface area contributed by atoms with Crippen LogP contribution < -0.4 is 5.32 Å². The number of thioether (sulfide) groups is 1. The second-order valence-electron chi connectivity index (χ2n) is 7.54. The summed E-state index contributed by atoms with van der Waals surface area (Å²) < 4.78 is 19.4. The van der Waals surface area contributed by atoms with E-state index in [1.807, 2.05) is 13.8 Å². The van der Waals surface area contributed by atoms with Gasteiger partial charge in [0.2, 0.25) is 5.91 Å². The monoisotopic (exact) mass is 403 g/mol. The zero-order chi connectivity index (χ0) is 20.1. The molecule has 0 heterocycles. The fourth-order valence-corrected chi connectivity index (χ4v) is 3.14. The molecule has 1 N–H and O–H groups in total. The Bertz CT molecular complexity index is 659. The Kier molecular flexibility index (Phi) is 8.41. The van der Waals surface area contributed by atoms with Crippen molar-refractivity contribution in [3.63, 3.8) is 0 Å². The maximum Gasteiger partial charge on any atom is 0.319 e. The topological polar surface area (TPSA) is 55.4 Å². The predicted octanol–water partition coefficient (Wildman–Crippen LogP) is 5.68. The highest BCUT2D eigenvalue weighted by Gasteiger charge is 2.24. The van der Waals surface area contributed by atoms with Crippen LogP contribution in [0.3, 0.4) is 0 Å². The van der Waals surface area contributed by atoms with Gasteiger partial charge in [0.1, 0.15) is 16.7 Å². The largest absolute Gasteiger partial charge is 0.459 e. The summed E-state index contributed by atoms with van der Waals surface area (Å²) in [5, 5.41) is 2.23. The van der Waals surface area contributed by atoms with Gasteiger partial charge in [-0.1, -0.05) is 25.4 Å². The average Bonchev–Trinajstić information content (AvgIpc) is 2.48. The predicted molar refractivity (Wildman–Crippen MR) is 105 cm³/mol. The lowest BCUT2D eigenvalue weighted by molar-refractivity contribution is -0.153. The van der Waals surface area contributed by atoms with Crippen LogP contribution in [0.2, 0.25) is 5.02 Å². The third-order valence-corrected chi connectivity index (χ3v) is 4.85. The molecule has 0 aliphatic rings. The molecule has 4 nitrogen and oxygen atoms in total. The van der Waals surface area contributed by atoms with Gasteiger partial charge in [0, 0.05) is 11.3 Å². The molecule has 26 heavy (non-hydrogen) atoms. The Labute approximate surface area is 164 Å². The van der Waals surface area contributed by atoms with Gasteiger partial charge in [0.25, 0.3) is 0 Å². The van der Waals surface area contributed by atoms with Crippen molar-refractivity contribution in [2.75, 3.05) is 5.32 Å². The van der Waals surface area contributed by atoms with Crippen molar-refractivity contribution in [1.29, 1.82) is 0 Å². The van der Waals surface area contributed by atoms with Crippen molar-refractivity contribution >= 4 is 40.9 Å². The lowest BCUT2D eigenvalue weighted by Crippen LogP contribution is -2.28. The summed E-state index contributed by atoms with van der Waals surface area (Å²) in [6, 6.07) is 2.60. The summed E-state index contributed by atoms with van der Waals surface area (Å²) in [5.74, 6) is -0.861. The number of halogens is 2. The molecule has 0 saturated heterocycles. The molecule has 0 fully saturated rings. The van der Waals surface area contributed by atoms with Gasteiger partial charge in [-0.15, -0.1) is 11.8 Å². The molecule has 1 atom stereocenters. The van der Waals surface area contributed by atoms with Crippen molar-refractivity contribution in [1.82, 2.24) is 0 Å². The number of amides is 1. The van der Waals surface area contributed by atoms with Crippen LogP contribution in [-0.2, 0) is 14.3 Å². The van der Waals surface area contributed by atoms with E-state index >= 15 is 0 Å². The molecule has 0 bridgehead atoms. The SMILES string of the molecule is CC(C)CCC(=O)Nc1cc(SC(C)C(=O)OC(C)(C)C)c(Cl)cc1F. The maximum atomic E-state index is 14.1. The molecule has 7 heteroatoms. The van der Waals surface area contributed by atoms with Crippen LogP contribution in [0.5, 0.6) is 0 Å². The van der Waals surface area contributed by atoms with E-state index in [1.54, 1.807) is 27.7 Å². The Morgan fingerprint density at radius 2 is 1.88 bits per heavy atom. The van der Waals surface area contributed by atoms with E-state index in [1.165, 1.54) is 6.07 Å². The van der Waals surface area contributed by atoms with Crippen molar-refractivity contribution in [2.45, 2.75) is 70.1 Å². The second kappa shape index (κ2) is 9.60. The Morgan fingerprint density at radius 3 is 2.42 bits per heavy atom. The molecule has 1 unspecified atom stereocenters. The van der Waals surface area contributed by atoms with Crippen LogP contribution in [-0.4, -0.2) is 22.7 Å². The molecule has 0 aliphatic heterocycles. The standard InChI is InChI=1S/C19H27ClFNO3S/c1-11(2)7-8-17(23)22-15-10-16(13(20)9-14(15)21)26-12(3)18(24)25-19(4,5)6/h9-12H,7-8H2,1-6H3,(H,22,23). The quantitative estimate of drug-likeness (QED) is 0.470. The molecule has 1 aromatic rings. The highest BCUT2D eigenvalue weighted by molar-refractivity contribution is 8.00. The van der Waals surface area contributed by atoms with E-state index in [9.17, 15) is 14.0 Å². The maximum absolute atomic E-state index is 14.1. The Morgan fingerprint density at radius 1 is 1.27 bits per heavy atom. The van der Waals surface area contributed by atoms with Crippen molar-refractivity contribution in [2.24, 2.45) is 5.92 Å². The third kappa shape index (κ3) is 7.96. The number of nitrogens with one attached hydrogen (secondary N) is 1. The Balaban J connectivity index is 2.86.